The second kappa shape index (κ2) is 6.15. The highest BCUT2D eigenvalue weighted by molar-refractivity contribution is 7.14. The van der Waals surface area contributed by atoms with Crippen LogP contribution in [0.4, 0.5) is 4.39 Å². The Balaban J connectivity index is 2.26. The highest BCUT2D eigenvalue weighted by Gasteiger charge is 2.18. The molecule has 0 saturated carbocycles. The van der Waals surface area contributed by atoms with Gasteiger partial charge in [-0.3, -0.25) is 9.59 Å². The van der Waals surface area contributed by atoms with Gasteiger partial charge in [0.25, 0.3) is 0 Å². The normalized spacial score (nSPS) is 10.3. The molecule has 0 spiro atoms. The Labute approximate surface area is 123 Å². The van der Waals surface area contributed by atoms with E-state index in [1.807, 2.05) is 0 Å². The lowest BCUT2D eigenvalue weighted by Crippen LogP contribution is -2.03. The lowest BCUT2D eigenvalue weighted by Gasteiger charge is -2.01. The van der Waals surface area contributed by atoms with Crippen molar-refractivity contribution >= 4 is 34.7 Å². The number of carbonyl (C=O) groups is 2. The largest absolute Gasteiger partial charge is 0.469 e. The Bertz CT molecular complexity index is 666. The number of rotatable bonds is 4. The van der Waals surface area contributed by atoms with Crippen LogP contribution < -0.4 is 0 Å². The molecule has 1 aromatic carbocycles. The summed E-state index contributed by atoms with van der Waals surface area (Å²) in [6.07, 6.45) is 0.0898. The minimum absolute atomic E-state index is 0.0797. The van der Waals surface area contributed by atoms with Gasteiger partial charge < -0.3 is 4.74 Å². The molecule has 0 saturated heterocycles. The fraction of sp³-hybridized carbons (Fsp3) is 0.143. The zero-order valence-corrected chi connectivity index (χ0v) is 12.1. The molecule has 0 bridgehead atoms. The molecule has 0 aliphatic heterocycles. The molecule has 20 heavy (non-hydrogen) atoms. The van der Waals surface area contributed by atoms with Crippen LogP contribution in [0.3, 0.4) is 0 Å². The maximum absolute atomic E-state index is 13.8. The van der Waals surface area contributed by atoms with E-state index in [2.05, 4.69) is 4.74 Å². The number of esters is 1. The molecule has 0 amide bonds. The number of methoxy groups -OCH3 is 1. The van der Waals surface area contributed by atoms with Gasteiger partial charge in [0.2, 0.25) is 5.78 Å². The molecular formula is C14H10ClFO3S. The summed E-state index contributed by atoms with van der Waals surface area (Å²) in [5.74, 6) is -1.58. The van der Waals surface area contributed by atoms with E-state index in [0.717, 1.165) is 11.3 Å². The molecule has 1 aromatic heterocycles. The van der Waals surface area contributed by atoms with Gasteiger partial charge in [0.1, 0.15) is 0 Å². The van der Waals surface area contributed by atoms with Crippen molar-refractivity contribution in [2.75, 3.05) is 7.11 Å². The van der Waals surface area contributed by atoms with Crippen molar-refractivity contribution in [1.29, 1.82) is 0 Å². The first kappa shape index (κ1) is 14.7. The first-order valence-corrected chi connectivity index (χ1v) is 6.86. The number of thiophene rings is 1. The summed E-state index contributed by atoms with van der Waals surface area (Å²) in [6.45, 7) is 0. The van der Waals surface area contributed by atoms with Gasteiger partial charge in [-0.05, 0) is 24.3 Å². The first-order valence-electron chi connectivity index (χ1n) is 5.67. The van der Waals surface area contributed by atoms with Gasteiger partial charge in [0, 0.05) is 4.88 Å². The molecule has 6 heteroatoms. The lowest BCUT2D eigenvalue weighted by molar-refractivity contribution is -0.139. The van der Waals surface area contributed by atoms with E-state index in [4.69, 9.17) is 11.6 Å². The number of hydrogen-bond donors (Lipinski definition) is 0. The number of ether oxygens (including phenoxy) is 1. The number of halogens is 2. The van der Waals surface area contributed by atoms with Gasteiger partial charge in [-0.1, -0.05) is 17.7 Å². The smallest absolute Gasteiger partial charge is 0.310 e. The van der Waals surface area contributed by atoms with Crippen LogP contribution in [0, 0.1) is 5.82 Å². The summed E-state index contributed by atoms with van der Waals surface area (Å²) in [6, 6.07) is 7.48. The molecule has 0 aliphatic rings. The minimum atomic E-state index is -0.734. The van der Waals surface area contributed by atoms with Crippen LogP contribution in [0.1, 0.15) is 20.1 Å². The van der Waals surface area contributed by atoms with E-state index in [1.54, 1.807) is 12.1 Å². The summed E-state index contributed by atoms with van der Waals surface area (Å²) in [4.78, 5) is 24.4. The molecule has 0 atom stereocenters. The number of ketones is 1. The molecule has 0 N–H and O–H groups in total. The molecule has 0 aliphatic carbocycles. The lowest BCUT2D eigenvalue weighted by atomic mass is 10.1. The van der Waals surface area contributed by atoms with Gasteiger partial charge in [-0.15, -0.1) is 11.3 Å². The van der Waals surface area contributed by atoms with Crippen LogP contribution in [-0.2, 0) is 16.0 Å². The average Bonchev–Trinajstić information content (AvgIpc) is 2.89. The van der Waals surface area contributed by atoms with E-state index in [-0.39, 0.29) is 23.0 Å². The van der Waals surface area contributed by atoms with Gasteiger partial charge in [0.05, 0.1) is 29.0 Å². The molecule has 104 valence electrons. The van der Waals surface area contributed by atoms with Crippen LogP contribution in [0.2, 0.25) is 5.02 Å². The zero-order valence-electron chi connectivity index (χ0n) is 10.5. The van der Waals surface area contributed by atoms with Crippen LogP contribution in [0.25, 0.3) is 0 Å². The summed E-state index contributed by atoms with van der Waals surface area (Å²) < 4.78 is 18.3. The van der Waals surface area contributed by atoms with E-state index in [1.165, 1.54) is 25.3 Å². The predicted octanol–water partition coefficient (Wildman–Crippen LogP) is 3.49. The van der Waals surface area contributed by atoms with Crippen molar-refractivity contribution in [2.45, 2.75) is 6.42 Å². The van der Waals surface area contributed by atoms with Gasteiger partial charge in [-0.2, -0.15) is 0 Å². The van der Waals surface area contributed by atoms with Crippen LogP contribution in [-0.4, -0.2) is 18.9 Å². The van der Waals surface area contributed by atoms with Gasteiger partial charge in [-0.25, -0.2) is 4.39 Å². The molecule has 0 fully saturated rings. The highest BCUT2D eigenvalue weighted by Crippen LogP contribution is 2.24. The maximum Gasteiger partial charge on any atom is 0.310 e. The van der Waals surface area contributed by atoms with Crippen molar-refractivity contribution in [3.05, 3.63) is 56.5 Å². The van der Waals surface area contributed by atoms with E-state index >= 15 is 0 Å². The van der Waals surface area contributed by atoms with Crippen LogP contribution in [0.15, 0.2) is 30.3 Å². The Kier molecular flexibility index (Phi) is 4.52. The van der Waals surface area contributed by atoms with Crippen molar-refractivity contribution in [3.8, 4) is 0 Å². The quantitative estimate of drug-likeness (QED) is 0.641. The molecule has 2 rings (SSSR count). The summed E-state index contributed by atoms with van der Waals surface area (Å²) in [7, 11) is 1.29. The van der Waals surface area contributed by atoms with Crippen LogP contribution in [0.5, 0.6) is 0 Å². The van der Waals surface area contributed by atoms with E-state index < -0.39 is 11.6 Å². The summed E-state index contributed by atoms with van der Waals surface area (Å²) in [5, 5.41) is -0.0952. The fourth-order valence-corrected chi connectivity index (χ4v) is 2.74. The third-order valence-corrected chi connectivity index (χ3v) is 4.00. The predicted molar refractivity (Wildman–Crippen MR) is 74.9 cm³/mol. The topological polar surface area (TPSA) is 43.4 Å². The molecule has 1 heterocycles. The molecule has 0 radical (unpaired) electrons. The molecule has 2 aromatic rings. The molecule has 0 unspecified atom stereocenters. The minimum Gasteiger partial charge on any atom is -0.469 e. The van der Waals surface area contributed by atoms with Crippen molar-refractivity contribution in [2.24, 2.45) is 0 Å². The SMILES string of the molecule is COC(=O)Cc1ccc(C(=O)c2cccc(Cl)c2F)s1. The second-order valence-electron chi connectivity index (χ2n) is 3.95. The summed E-state index contributed by atoms with van der Waals surface area (Å²) in [5.41, 5.74) is -0.0797. The Morgan fingerprint density at radius 3 is 2.75 bits per heavy atom. The molecular weight excluding hydrogens is 303 g/mol. The highest BCUT2D eigenvalue weighted by atomic mass is 35.5. The number of carbonyl (C=O) groups excluding carboxylic acids is 2. The monoisotopic (exact) mass is 312 g/mol. The Morgan fingerprint density at radius 1 is 1.30 bits per heavy atom. The number of benzene rings is 1. The van der Waals surface area contributed by atoms with E-state index in [0.29, 0.717) is 9.75 Å². The van der Waals surface area contributed by atoms with Gasteiger partial charge >= 0.3 is 5.97 Å². The standard InChI is InChI=1S/C14H10ClFO3S/c1-19-12(17)7-8-5-6-11(20-8)14(18)9-3-2-4-10(15)13(9)16/h2-6H,7H2,1H3. The second-order valence-corrected chi connectivity index (χ2v) is 5.52. The zero-order chi connectivity index (χ0) is 14.7. The Hall–Kier alpha value is -1.72. The maximum atomic E-state index is 13.8. The van der Waals surface area contributed by atoms with Crippen molar-refractivity contribution in [1.82, 2.24) is 0 Å². The first-order chi connectivity index (χ1) is 9.52. The molecule has 3 nitrogen and oxygen atoms in total. The van der Waals surface area contributed by atoms with Gasteiger partial charge in [0.15, 0.2) is 5.82 Å². The average molecular weight is 313 g/mol. The Morgan fingerprint density at radius 2 is 2.05 bits per heavy atom. The third-order valence-electron chi connectivity index (χ3n) is 2.63. The summed E-state index contributed by atoms with van der Waals surface area (Å²) >= 11 is 6.79. The van der Waals surface area contributed by atoms with Crippen molar-refractivity contribution < 1.29 is 18.7 Å². The van der Waals surface area contributed by atoms with E-state index in [9.17, 15) is 14.0 Å². The van der Waals surface area contributed by atoms with Crippen molar-refractivity contribution in [3.63, 3.8) is 0 Å². The van der Waals surface area contributed by atoms with Crippen LogP contribution >= 0.6 is 22.9 Å². The fourth-order valence-electron chi connectivity index (χ4n) is 1.62. The number of hydrogen-bond acceptors (Lipinski definition) is 4. The third kappa shape index (κ3) is 3.05.